The number of rotatable bonds is 3. The van der Waals surface area contributed by atoms with Crippen LogP contribution in [0.3, 0.4) is 0 Å². The highest BCUT2D eigenvalue weighted by atomic mass is 79.9. The molecule has 2 aromatic rings. The fourth-order valence-corrected chi connectivity index (χ4v) is 2.52. The van der Waals surface area contributed by atoms with Crippen molar-refractivity contribution in [3.63, 3.8) is 0 Å². The van der Waals surface area contributed by atoms with E-state index < -0.39 is 10.8 Å². The lowest BCUT2D eigenvalue weighted by Gasteiger charge is -2.11. The average Bonchev–Trinajstić information content (AvgIpc) is 2.49. The summed E-state index contributed by atoms with van der Waals surface area (Å²) in [5, 5.41) is 16.2. The second-order valence-corrected chi connectivity index (χ2v) is 5.98. The van der Waals surface area contributed by atoms with Gasteiger partial charge in [0.15, 0.2) is 5.11 Å². The first-order valence-corrected chi connectivity index (χ1v) is 7.77. The number of hydrogen-bond donors (Lipinski definition) is 2. The number of amides is 1. The van der Waals surface area contributed by atoms with Crippen LogP contribution in [0.4, 0.5) is 11.4 Å². The summed E-state index contributed by atoms with van der Waals surface area (Å²) >= 11 is 14.3. The third-order valence-corrected chi connectivity index (χ3v) is 3.98. The van der Waals surface area contributed by atoms with Gasteiger partial charge < -0.3 is 5.32 Å². The zero-order chi connectivity index (χ0) is 17.0. The Hall–Kier alpha value is -2.03. The van der Waals surface area contributed by atoms with E-state index in [1.54, 1.807) is 24.3 Å². The summed E-state index contributed by atoms with van der Waals surface area (Å²) < 4.78 is 0.619. The zero-order valence-corrected chi connectivity index (χ0v) is 14.5. The van der Waals surface area contributed by atoms with Crippen molar-refractivity contribution in [1.29, 1.82) is 0 Å². The Kier molecular flexibility index (Phi) is 5.64. The molecule has 9 heteroatoms. The van der Waals surface area contributed by atoms with E-state index in [9.17, 15) is 14.9 Å². The van der Waals surface area contributed by atoms with Crippen molar-refractivity contribution in [3.05, 3.63) is 67.6 Å². The van der Waals surface area contributed by atoms with Gasteiger partial charge in [-0.25, -0.2) is 0 Å². The fraction of sp³-hybridized carbons (Fsp3) is 0. The molecular formula is C14H9BrClN3O3S. The van der Waals surface area contributed by atoms with E-state index in [0.29, 0.717) is 10.0 Å². The normalized spacial score (nSPS) is 10.0. The van der Waals surface area contributed by atoms with E-state index in [-0.39, 0.29) is 21.5 Å². The van der Waals surface area contributed by atoms with Gasteiger partial charge in [-0.2, -0.15) is 0 Å². The van der Waals surface area contributed by atoms with Crippen molar-refractivity contribution in [2.75, 3.05) is 5.32 Å². The zero-order valence-electron chi connectivity index (χ0n) is 11.4. The first-order valence-electron chi connectivity index (χ1n) is 6.19. The number of halogens is 2. The Labute approximate surface area is 150 Å². The molecule has 0 saturated heterocycles. The van der Waals surface area contributed by atoms with E-state index in [0.717, 1.165) is 0 Å². The Morgan fingerprint density at radius 2 is 1.96 bits per heavy atom. The van der Waals surface area contributed by atoms with Crippen LogP contribution in [0.1, 0.15) is 10.4 Å². The fourth-order valence-electron chi connectivity index (χ4n) is 1.69. The van der Waals surface area contributed by atoms with E-state index in [1.165, 1.54) is 18.2 Å². The van der Waals surface area contributed by atoms with E-state index in [2.05, 4.69) is 26.6 Å². The second kappa shape index (κ2) is 7.49. The third kappa shape index (κ3) is 4.47. The summed E-state index contributed by atoms with van der Waals surface area (Å²) in [4.78, 5) is 22.3. The molecule has 0 atom stereocenters. The number of thiocarbonyl (C=S) groups is 1. The predicted octanol–water partition coefficient (Wildman–Crippen LogP) is 4.14. The molecule has 0 saturated carbocycles. The first-order chi connectivity index (χ1) is 10.9. The third-order valence-electron chi connectivity index (χ3n) is 2.75. The van der Waals surface area contributed by atoms with Crippen molar-refractivity contribution in [1.82, 2.24) is 5.32 Å². The number of nitrogens with zero attached hydrogens (tertiary/aromatic N) is 1. The maximum atomic E-state index is 12.1. The average molecular weight is 415 g/mol. The molecule has 0 spiro atoms. The molecule has 0 aliphatic rings. The summed E-state index contributed by atoms with van der Waals surface area (Å²) in [6, 6.07) is 10.7. The van der Waals surface area contributed by atoms with Crippen LogP contribution in [0.2, 0.25) is 5.02 Å². The molecule has 0 radical (unpaired) electrons. The molecule has 23 heavy (non-hydrogen) atoms. The number of nitro groups is 1. The van der Waals surface area contributed by atoms with Gasteiger partial charge in [-0.1, -0.05) is 23.7 Å². The molecule has 6 nitrogen and oxygen atoms in total. The number of nitro benzene ring substituents is 1. The smallest absolute Gasteiger partial charge is 0.271 e. The molecule has 0 heterocycles. The van der Waals surface area contributed by atoms with Crippen LogP contribution in [-0.4, -0.2) is 15.9 Å². The molecule has 0 bridgehead atoms. The molecule has 0 aliphatic heterocycles. The van der Waals surface area contributed by atoms with Gasteiger partial charge in [0.25, 0.3) is 11.6 Å². The van der Waals surface area contributed by atoms with Crippen molar-refractivity contribution in [2.45, 2.75) is 0 Å². The monoisotopic (exact) mass is 413 g/mol. The molecule has 0 aliphatic carbocycles. The Balaban J connectivity index is 2.11. The minimum absolute atomic E-state index is 0.0202. The molecule has 2 rings (SSSR count). The molecule has 118 valence electrons. The molecule has 2 N–H and O–H groups in total. The van der Waals surface area contributed by atoms with Gasteiger partial charge >= 0.3 is 0 Å². The van der Waals surface area contributed by atoms with Gasteiger partial charge in [-0.15, -0.1) is 0 Å². The summed E-state index contributed by atoms with van der Waals surface area (Å²) in [5.41, 5.74) is 0.497. The van der Waals surface area contributed by atoms with Gasteiger partial charge in [0.2, 0.25) is 0 Å². The van der Waals surface area contributed by atoms with Crippen LogP contribution >= 0.6 is 39.7 Å². The van der Waals surface area contributed by atoms with Gasteiger partial charge in [-0.05, 0) is 46.3 Å². The quantitative estimate of drug-likeness (QED) is 0.448. The molecule has 2 aromatic carbocycles. The van der Waals surface area contributed by atoms with Crippen LogP contribution in [0, 0.1) is 10.1 Å². The molecular weight excluding hydrogens is 406 g/mol. The Morgan fingerprint density at radius 3 is 2.61 bits per heavy atom. The number of nitrogens with one attached hydrogen (secondary N) is 2. The van der Waals surface area contributed by atoms with Gasteiger partial charge in [0.1, 0.15) is 0 Å². The van der Waals surface area contributed by atoms with Crippen LogP contribution in [0.25, 0.3) is 0 Å². The minimum atomic E-state index is -0.551. The predicted molar refractivity (Wildman–Crippen MR) is 95.9 cm³/mol. The van der Waals surface area contributed by atoms with Gasteiger partial charge in [-0.3, -0.25) is 20.2 Å². The lowest BCUT2D eigenvalue weighted by Crippen LogP contribution is -2.34. The lowest BCUT2D eigenvalue weighted by atomic mass is 10.2. The summed E-state index contributed by atoms with van der Waals surface area (Å²) in [6.45, 7) is 0. The largest absolute Gasteiger partial charge is 0.331 e. The highest BCUT2D eigenvalue weighted by molar-refractivity contribution is 9.10. The van der Waals surface area contributed by atoms with E-state index in [4.69, 9.17) is 23.8 Å². The van der Waals surface area contributed by atoms with Crippen LogP contribution in [0.15, 0.2) is 46.9 Å². The number of carbonyl (C=O) groups excluding carboxylic acids is 1. The van der Waals surface area contributed by atoms with Crippen LogP contribution in [0.5, 0.6) is 0 Å². The number of carbonyl (C=O) groups is 1. The lowest BCUT2D eigenvalue weighted by molar-refractivity contribution is -0.384. The van der Waals surface area contributed by atoms with Gasteiger partial charge in [0.05, 0.1) is 21.2 Å². The first kappa shape index (κ1) is 17.3. The van der Waals surface area contributed by atoms with E-state index >= 15 is 0 Å². The summed E-state index contributed by atoms with van der Waals surface area (Å²) in [6.07, 6.45) is 0. The molecule has 1 amide bonds. The van der Waals surface area contributed by atoms with Gasteiger partial charge in [0, 0.05) is 16.6 Å². The van der Waals surface area contributed by atoms with Crippen molar-refractivity contribution < 1.29 is 9.72 Å². The number of benzene rings is 2. The summed E-state index contributed by atoms with van der Waals surface area (Å²) in [7, 11) is 0. The van der Waals surface area contributed by atoms with Crippen molar-refractivity contribution >= 4 is 62.1 Å². The Morgan fingerprint density at radius 1 is 1.26 bits per heavy atom. The molecule has 0 fully saturated rings. The van der Waals surface area contributed by atoms with Crippen LogP contribution in [-0.2, 0) is 0 Å². The SMILES string of the molecule is O=C(NC(=S)Nc1cc([N+](=O)[O-])ccc1Cl)c1ccccc1Br. The number of non-ortho nitro benzene ring substituents is 1. The Bertz CT molecular complexity index is 801. The highest BCUT2D eigenvalue weighted by Crippen LogP contribution is 2.26. The minimum Gasteiger partial charge on any atom is -0.331 e. The topological polar surface area (TPSA) is 84.3 Å². The molecule has 0 aromatic heterocycles. The van der Waals surface area contributed by atoms with Crippen molar-refractivity contribution in [2.24, 2.45) is 0 Å². The molecule has 0 unspecified atom stereocenters. The second-order valence-electron chi connectivity index (χ2n) is 4.31. The van der Waals surface area contributed by atoms with Crippen molar-refractivity contribution in [3.8, 4) is 0 Å². The summed E-state index contributed by atoms with van der Waals surface area (Å²) in [5.74, 6) is -0.420. The van der Waals surface area contributed by atoms with E-state index in [1.807, 2.05) is 0 Å². The highest BCUT2D eigenvalue weighted by Gasteiger charge is 2.14. The maximum absolute atomic E-state index is 12.1. The number of hydrogen-bond acceptors (Lipinski definition) is 4. The standard InChI is InChI=1S/C14H9BrClN3O3S/c15-10-4-2-1-3-9(10)13(20)18-14(23)17-12-7-8(19(21)22)5-6-11(12)16/h1-7H,(H2,17,18,20,23). The number of anilines is 1. The van der Waals surface area contributed by atoms with Crippen LogP contribution < -0.4 is 10.6 Å². The maximum Gasteiger partial charge on any atom is 0.271 e.